The first-order chi connectivity index (χ1) is 9.63. The standard InChI is InChI=1S/C14H14N2O3S/c1-2-6-16-7-15-12-11(13(16)17)10-8(14(18)19)4-3-5-9(10)20-12/h2,7-8H,1,3-6H2,(H,18,19). The summed E-state index contributed by atoms with van der Waals surface area (Å²) >= 11 is 1.45. The van der Waals surface area contributed by atoms with E-state index in [2.05, 4.69) is 11.6 Å². The molecule has 1 aliphatic rings. The highest BCUT2D eigenvalue weighted by molar-refractivity contribution is 7.18. The summed E-state index contributed by atoms with van der Waals surface area (Å²) in [5, 5.41) is 9.87. The molecule has 0 spiro atoms. The van der Waals surface area contributed by atoms with Crippen LogP contribution in [0.5, 0.6) is 0 Å². The van der Waals surface area contributed by atoms with Crippen LogP contribution in [0.15, 0.2) is 23.8 Å². The van der Waals surface area contributed by atoms with Crippen molar-refractivity contribution in [3.8, 4) is 0 Å². The Morgan fingerprint density at radius 2 is 2.45 bits per heavy atom. The Labute approximate surface area is 119 Å². The van der Waals surface area contributed by atoms with Gasteiger partial charge in [-0.15, -0.1) is 17.9 Å². The number of aryl methyl sites for hydroxylation is 1. The van der Waals surface area contributed by atoms with Gasteiger partial charge in [0, 0.05) is 11.4 Å². The zero-order valence-electron chi connectivity index (χ0n) is 10.8. The molecule has 1 aliphatic carbocycles. The van der Waals surface area contributed by atoms with Crippen molar-refractivity contribution in [2.45, 2.75) is 31.7 Å². The Kier molecular flexibility index (Phi) is 3.17. The lowest BCUT2D eigenvalue weighted by molar-refractivity contribution is -0.139. The number of nitrogens with zero attached hydrogens (tertiary/aromatic N) is 2. The molecule has 0 fully saturated rings. The lowest BCUT2D eigenvalue weighted by Crippen LogP contribution is -2.23. The van der Waals surface area contributed by atoms with Gasteiger partial charge in [-0.25, -0.2) is 4.98 Å². The van der Waals surface area contributed by atoms with Crippen LogP contribution < -0.4 is 5.56 Å². The highest BCUT2D eigenvalue weighted by Crippen LogP contribution is 2.40. The van der Waals surface area contributed by atoms with E-state index in [1.807, 2.05) is 0 Å². The second kappa shape index (κ2) is 4.86. The fraction of sp³-hybridized carbons (Fsp3) is 0.357. The average Bonchev–Trinajstić information content (AvgIpc) is 2.80. The minimum atomic E-state index is -0.857. The van der Waals surface area contributed by atoms with E-state index >= 15 is 0 Å². The van der Waals surface area contributed by atoms with Crippen molar-refractivity contribution in [3.05, 3.63) is 39.8 Å². The van der Waals surface area contributed by atoms with Crippen LogP contribution in [0, 0.1) is 0 Å². The van der Waals surface area contributed by atoms with Crippen LogP contribution in [-0.2, 0) is 17.8 Å². The predicted octanol–water partition coefficient (Wildman–Crippen LogP) is 2.15. The number of carboxylic acid groups (broad SMARTS) is 1. The molecule has 1 atom stereocenters. The average molecular weight is 290 g/mol. The Hall–Kier alpha value is -1.95. The molecule has 20 heavy (non-hydrogen) atoms. The maximum absolute atomic E-state index is 12.5. The normalized spacial score (nSPS) is 17.9. The van der Waals surface area contributed by atoms with Crippen LogP contribution in [0.3, 0.4) is 0 Å². The van der Waals surface area contributed by atoms with Gasteiger partial charge in [-0.05, 0) is 24.8 Å². The molecule has 0 aromatic carbocycles. The van der Waals surface area contributed by atoms with Crippen LogP contribution >= 0.6 is 11.3 Å². The molecule has 0 radical (unpaired) electrons. The topological polar surface area (TPSA) is 72.2 Å². The van der Waals surface area contributed by atoms with Crippen molar-refractivity contribution in [3.63, 3.8) is 0 Å². The summed E-state index contributed by atoms with van der Waals surface area (Å²) in [4.78, 5) is 29.9. The smallest absolute Gasteiger partial charge is 0.311 e. The van der Waals surface area contributed by atoms with Gasteiger partial charge < -0.3 is 5.11 Å². The molecule has 2 heterocycles. The summed E-state index contributed by atoms with van der Waals surface area (Å²) in [5.74, 6) is -1.44. The van der Waals surface area contributed by atoms with Gasteiger partial charge in [-0.1, -0.05) is 6.08 Å². The van der Waals surface area contributed by atoms with E-state index in [-0.39, 0.29) is 5.56 Å². The van der Waals surface area contributed by atoms with Crippen LogP contribution in [0.25, 0.3) is 10.2 Å². The lowest BCUT2D eigenvalue weighted by Gasteiger charge is -2.18. The molecular weight excluding hydrogens is 276 g/mol. The number of allylic oxidation sites excluding steroid dienone is 1. The molecule has 1 N–H and O–H groups in total. The van der Waals surface area contributed by atoms with Crippen LogP contribution in [-0.4, -0.2) is 20.6 Å². The number of fused-ring (bicyclic) bond motifs is 3. The van der Waals surface area contributed by atoms with Gasteiger partial charge in [0.2, 0.25) is 0 Å². The molecule has 1 unspecified atom stereocenters. The number of thiophene rings is 1. The molecule has 2 aromatic heterocycles. The van der Waals surface area contributed by atoms with Gasteiger partial charge in [0.1, 0.15) is 4.83 Å². The largest absolute Gasteiger partial charge is 0.481 e. The monoisotopic (exact) mass is 290 g/mol. The molecule has 0 bridgehead atoms. The highest BCUT2D eigenvalue weighted by Gasteiger charge is 2.31. The molecule has 0 aliphatic heterocycles. The summed E-state index contributed by atoms with van der Waals surface area (Å²) < 4.78 is 1.47. The number of carboxylic acids is 1. The summed E-state index contributed by atoms with van der Waals surface area (Å²) in [5.41, 5.74) is 0.528. The summed E-state index contributed by atoms with van der Waals surface area (Å²) in [6.45, 7) is 4.00. The maximum Gasteiger partial charge on any atom is 0.311 e. The number of hydrogen-bond acceptors (Lipinski definition) is 4. The number of carbonyl (C=O) groups is 1. The fourth-order valence-corrected chi connectivity index (χ4v) is 4.01. The Bertz CT molecular complexity index is 760. The lowest BCUT2D eigenvalue weighted by atomic mass is 9.86. The summed E-state index contributed by atoms with van der Waals surface area (Å²) in [6.07, 6.45) is 5.40. The molecule has 104 valence electrons. The minimum absolute atomic E-state index is 0.166. The molecule has 3 rings (SSSR count). The van der Waals surface area contributed by atoms with E-state index in [0.29, 0.717) is 28.7 Å². The molecule has 0 saturated carbocycles. The summed E-state index contributed by atoms with van der Waals surface area (Å²) in [6, 6.07) is 0. The number of hydrogen-bond donors (Lipinski definition) is 1. The highest BCUT2D eigenvalue weighted by atomic mass is 32.1. The van der Waals surface area contributed by atoms with E-state index < -0.39 is 11.9 Å². The Morgan fingerprint density at radius 1 is 1.65 bits per heavy atom. The first-order valence-electron chi connectivity index (χ1n) is 6.48. The van der Waals surface area contributed by atoms with E-state index in [4.69, 9.17) is 0 Å². The van der Waals surface area contributed by atoms with Gasteiger partial charge >= 0.3 is 5.97 Å². The van der Waals surface area contributed by atoms with Crippen LogP contribution in [0.2, 0.25) is 0 Å². The van der Waals surface area contributed by atoms with Crippen molar-refractivity contribution in [1.29, 1.82) is 0 Å². The van der Waals surface area contributed by atoms with E-state index in [0.717, 1.165) is 17.7 Å². The Balaban J connectivity index is 2.32. The Morgan fingerprint density at radius 3 is 3.15 bits per heavy atom. The SMILES string of the molecule is C=CCn1cnc2sc3c(c2c1=O)C(C(=O)O)CCC3. The number of rotatable bonds is 3. The third-order valence-electron chi connectivity index (χ3n) is 3.66. The predicted molar refractivity (Wildman–Crippen MR) is 77.4 cm³/mol. The van der Waals surface area contributed by atoms with Crippen molar-refractivity contribution in [1.82, 2.24) is 9.55 Å². The molecule has 0 amide bonds. The first-order valence-corrected chi connectivity index (χ1v) is 7.29. The quantitative estimate of drug-likeness (QED) is 0.879. The van der Waals surface area contributed by atoms with Crippen molar-refractivity contribution < 1.29 is 9.90 Å². The summed E-state index contributed by atoms with van der Waals surface area (Å²) in [7, 11) is 0. The third-order valence-corrected chi connectivity index (χ3v) is 4.83. The second-order valence-electron chi connectivity index (χ2n) is 4.89. The maximum atomic E-state index is 12.5. The fourth-order valence-electron chi connectivity index (χ4n) is 2.77. The van der Waals surface area contributed by atoms with Crippen molar-refractivity contribution >= 4 is 27.5 Å². The van der Waals surface area contributed by atoms with Gasteiger partial charge in [0.15, 0.2) is 0 Å². The van der Waals surface area contributed by atoms with Gasteiger partial charge in [0.25, 0.3) is 5.56 Å². The van der Waals surface area contributed by atoms with Gasteiger partial charge in [0.05, 0.1) is 17.6 Å². The second-order valence-corrected chi connectivity index (χ2v) is 5.98. The first kappa shape index (κ1) is 13.1. The van der Waals surface area contributed by atoms with Gasteiger partial charge in [-0.3, -0.25) is 14.2 Å². The minimum Gasteiger partial charge on any atom is -0.481 e. The van der Waals surface area contributed by atoms with E-state index in [1.165, 1.54) is 22.2 Å². The van der Waals surface area contributed by atoms with Crippen molar-refractivity contribution in [2.24, 2.45) is 0 Å². The number of aromatic nitrogens is 2. The number of aliphatic carboxylic acids is 1. The molecule has 5 nitrogen and oxygen atoms in total. The third kappa shape index (κ3) is 1.87. The van der Waals surface area contributed by atoms with Crippen LogP contribution in [0.1, 0.15) is 29.2 Å². The zero-order valence-corrected chi connectivity index (χ0v) is 11.7. The van der Waals surface area contributed by atoms with E-state index in [1.54, 1.807) is 6.08 Å². The zero-order chi connectivity index (χ0) is 14.3. The molecule has 2 aromatic rings. The molecule has 6 heteroatoms. The van der Waals surface area contributed by atoms with Crippen LogP contribution in [0.4, 0.5) is 0 Å². The van der Waals surface area contributed by atoms with Gasteiger partial charge in [-0.2, -0.15) is 0 Å². The van der Waals surface area contributed by atoms with Crippen molar-refractivity contribution in [2.75, 3.05) is 0 Å². The van der Waals surface area contributed by atoms with E-state index in [9.17, 15) is 14.7 Å². The molecular formula is C14H14N2O3S. The molecule has 0 saturated heterocycles.